The molecule has 1 aliphatic rings. The van der Waals surface area contributed by atoms with Crippen LogP contribution in [0.4, 0.5) is 0 Å². The van der Waals surface area contributed by atoms with E-state index in [1.54, 1.807) is 11.3 Å². The number of piperidine rings is 1. The number of pyridine rings is 1. The van der Waals surface area contributed by atoms with Crippen LogP contribution in [0.3, 0.4) is 0 Å². The number of rotatable bonds is 4. The molecule has 0 spiro atoms. The molecule has 0 saturated carbocycles. The summed E-state index contributed by atoms with van der Waals surface area (Å²) < 4.78 is 2.23. The molecule has 0 aliphatic carbocycles. The second-order valence-electron chi connectivity index (χ2n) is 6.24. The molecule has 1 unspecified atom stereocenters. The van der Waals surface area contributed by atoms with Crippen molar-refractivity contribution in [1.82, 2.24) is 20.2 Å². The van der Waals surface area contributed by atoms with E-state index in [9.17, 15) is 0 Å². The number of fused-ring (bicyclic) bond motifs is 1. The van der Waals surface area contributed by atoms with Crippen LogP contribution in [0, 0.1) is 5.41 Å². The average Bonchev–Trinajstić information content (AvgIpc) is 3.24. The normalized spacial score (nSPS) is 17.9. The van der Waals surface area contributed by atoms with E-state index < -0.39 is 0 Å². The number of nitrogens with zero attached hydrogens (tertiary/aromatic N) is 2. The fraction of sp³-hybridized carbons (Fsp3) is 0.333. The maximum atomic E-state index is 8.31. The smallest absolute Gasteiger partial charge is 0.126 e. The first-order valence-corrected chi connectivity index (χ1v) is 9.20. The lowest BCUT2D eigenvalue weighted by Gasteiger charge is -2.24. The van der Waals surface area contributed by atoms with Gasteiger partial charge in [0.25, 0.3) is 0 Å². The third-order valence-corrected chi connectivity index (χ3v) is 5.41. The van der Waals surface area contributed by atoms with Crippen molar-refractivity contribution in [3.8, 4) is 0 Å². The highest BCUT2D eigenvalue weighted by molar-refractivity contribution is 7.10. The van der Waals surface area contributed by atoms with E-state index >= 15 is 0 Å². The lowest BCUT2D eigenvalue weighted by atomic mass is 10.1. The number of amidine groups is 1. The Morgan fingerprint density at radius 1 is 1.46 bits per heavy atom. The summed E-state index contributed by atoms with van der Waals surface area (Å²) in [6, 6.07) is 6.64. The molecule has 0 bridgehead atoms. The topological polar surface area (TPSA) is 65.7 Å². The number of aromatic nitrogens is 2. The number of hydrogen-bond acceptors (Lipinski definition) is 4. The van der Waals surface area contributed by atoms with Crippen molar-refractivity contribution in [2.45, 2.75) is 25.4 Å². The molecule has 4 heterocycles. The van der Waals surface area contributed by atoms with Gasteiger partial charge in [0.05, 0.1) is 12.1 Å². The molecular formula is C18H21N5S. The predicted molar refractivity (Wildman–Crippen MR) is 99.0 cm³/mol. The summed E-state index contributed by atoms with van der Waals surface area (Å²) in [5, 5.41) is 18.3. The van der Waals surface area contributed by atoms with Crippen molar-refractivity contribution < 1.29 is 0 Å². The highest BCUT2D eigenvalue weighted by Crippen LogP contribution is 2.20. The molecule has 0 amide bonds. The molecule has 5 nitrogen and oxygen atoms in total. The average molecular weight is 339 g/mol. The molecule has 1 atom stereocenters. The molecule has 24 heavy (non-hydrogen) atoms. The summed E-state index contributed by atoms with van der Waals surface area (Å²) in [6.07, 6.45) is 8.13. The fourth-order valence-corrected chi connectivity index (χ4v) is 4.08. The van der Waals surface area contributed by atoms with Crippen molar-refractivity contribution in [2.75, 3.05) is 13.1 Å². The van der Waals surface area contributed by atoms with Crippen molar-refractivity contribution in [2.24, 2.45) is 0 Å². The Balaban J connectivity index is 1.45. The first-order valence-electron chi connectivity index (χ1n) is 8.32. The quantitative estimate of drug-likeness (QED) is 0.506. The number of hydrogen-bond donors (Lipinski definition) is 3. The lowest BCUT2D eigenvalue weighted by Crippen LogP contribution is -2.45. The first kappa shape index (κ1) is 15.4. The Morgan fingerprint density at radius 3 is 3.29 bits per heavy atom. The second-order valence-corrected chi connectivity index (χ2v) is 7.24. The maximum Gasteiger partial charge on any atom is 0.126 e. The molecule has 3 N–H and O–H groups in total. The van der Waals surface area contributed by atoms with Gasteiger partial charge in [-0.1, -0.05) is 0 Å². The molecule has 1 saturated heterocycles. The Hall–Kier alpha value is -2.18. The molecule has 4 rings (SSSR count). The van der Waals surface area contributed by atoms with Gasteiger partial charge >= 0.3 is 0 Å². The Kier molecular flexibility index (Phi) is 4.32. The standard InChI is InChI=1S/C18H21N5S/c19-18(22-15-2-1-5-20-10-15)14-8-16(24-12-14)11-23-7-4-13-9-21-6-3-17(13)23/h3-4,6-9,12,15,20H,1-2,5,10-11H2,(H2,19,22). The molecule has 6 heteroatoms. The molecule has 1 aliphatic heterocycles. The van der Waals surface area contributed by atoms with Crippen LogP contribution in [0.1, 0.15) is 23.3 Å². The van der Waals surface area contributed by atoms with E-state index in [-0.39, 0.29) is 0 Å². The minimum atomic E-state index is 0.371. The van der Waals surface area contributed by atoms with Gasteiger partial charge in [0.2, 0.25) is 0 Å². The van der Waals surface area contributed by atoms with Gasteiger partial charge in [0.15, 0.2) is 0 Å². The summed E-state index contributed by atoms with van der Waals surface area (Å²) in [4.78, 5) is 5.42. The van der Waals surface area contributed by atoms with Crippen LogP contribution in [-0.4, -0.2) is 34.5 Å². The van der Waals surface area contributed by atoms with Gasteiger partial charge in [-0.25, -0.2) is 0 Å². The Bertz CT molecular complexity index is 844. The summed E-state index contributed by atoms with van der Waals surface area (Å²) in [5.74, 6) is 0.535. The molecular weight excluding hydrogens is 318 g/mol. The van der Waals surface area contributed by atoms with Crippen molar-refractivity contribution in [3.63, 3.8) is 0 Å². The van der Waals surface area contributed by atoms with Crippen LogP contribution >= 0.6 is 11.3 Å². The first-order chi connectivity index (χ1) is 11.8. The predicted octanol–water partition coefficient (Wildman–Crippen LogP) is 2.81. The monoisotopic (exact) mass is 339 g/mol. The maximum absolute atomic E-state index is 8.31. The van der Waals surface area contributed by atoms with Gasteiger partial charge in [0, 0.05) is 52.4 Å². The summed E-state index contributed by atoms with van der Waals surface area (Å²) in [7, 11) is 0. The van der Waals surface area contributed by atoms with Crippen molar-refractivity contribution >= 4 is 28.1 Å². The van der Waals surface area contributed by atoms with Gasteiger partial charge in [-0.2, -0.15) is 0 Å². The van der Waals surface area contributed by atoms with Crippen LogP contribution < -0.4 is 10.6 Å². The second kappa shape index (κ2) is 6.75. The van der Waals surface area contributed by atoms with E-state index in [2.05, 4.69) is 43.9 Å². The van der Waals surface area contributed by atoms with E-state index in [4.69, 9.17) is 5.41 Å². The van der Waals surface area contributed by atoms with Crippen LogP contribution in [0.5, 0.6) is 0 Å². The van der Waals surface area contributed by atoms with E-state index in [1.165, 1.54) is 16.8 Å². The third kappa shape index (κ3) is 3.20. The van der Waals surface area contributed by atoms with Crippen LogP contribution in [0.25, 0.3) is 10.9 Å². The molecule has 1 fully saturated rings. The van der Waals surface area contributed by atoms with Crippen LogP contribution in [0.15, 0.2) is 42.2 Å². The lowest BCUT2D eigenvalue weighted by molar-refractivity contribution is 0.431. The number of thiophene rings is 1. The van der Waals surface area contributed by atoms with Crippen LogP contribution in [0.2, 0.25) is 0 Å². The van der Waals surface area contributed by atoms with Crippen molar-refractivity contribution in [3.05, 3.63) is 52.6 Å². The molecule has 3 aromatic rings. The zero-order valence-electron chi connectivity index (χ0n) is 13.5. The molecule has 0 radical (unpaired) electrons. The van der Waals surface area contributed by atoms with Gasteiger partial charge in [-0.15, -0.1) is 11.3 Å². The van der Waals surface area contributed by atoms with Gasteiger partial charge in [-0.3, -0.25) is 10.4 Å². The summed E-state index contributed by atoms with van der Waals surface area (Å²) in [6.45, 7) is 2.87. The van der Waals surface area contributed by atoms with Gasteiger partial charge in [0.1, 0.15) is 5.84 Å². The SMILES string of the molecule is N=C(NC1CCCNC1)c1csc(Cn2ccc3cnccc32)c1. The highest BCUT2D eigenvalue weighted by Gasteiger charge is 2.15. The minimum Gasteiger partial charge on any atom is -0.366 e. The van der Waals surface area contributed by atoms with Crippen molar-refractivity contribution in [1.29, 1.82) is 5.41 Å². The zero-order valence-corrected chi connectivity index (χ0v) is 14.3. The fourth-order valence-electron chi connectivity index (χ4n) is 3.20. The highest BCUT2D eigenvalue weighted by atomic mass is 32.1. The number of nitrogens with one attached hydrogen (secondary N) is 3. The summed E-state index contributed by atoms with van der Waals surface area (Å²) in [5.41, 5.74) is 2.18. The molecule has 0 aromatic carbocycles. The molecule has 3 aromatic heterocycles. The van der Waals surface area contributed by atoms with Gasteiger partial charge in [-0.05, 0) is 37.6 Å². The summed E-state index contributed by atoms with van der Waals surface area (Å²) >= 11 is 1.71. The van der Waals surface area contributed by atoms with Gasteiger partial charge < -0.3 is 15.2 Å². The minimum absolute atomic E-state index is 0.371. The van der Waals surface area contributed by atoms with E-state index in [1.807, 2.05) is 18.5 Å². The molecule has 124 valence electrons. The zero-order chi connectivity index (χ0) is 16.4. The van der Waals surface area contributed by atoms with E-state index in [0.717, 1.165) is 37.0 Å². The third-order valence-electron chi connectivity index (χ3n) is 4.49. The Morgan fingerprint density at radius 2 is 2.42 bits per heavy atom. The van der Waals surface area contributed by atoms with E-state index in [0.29, 0.717) is 11.9 Å². The largest absolute Gasteiger partial charge is 0.366 e. The Labute approximate surface area is 145 Å². The van der Waals surface area contributed by atoms with Crippen LogP contribution in [-0.2, 0) is 6.54 Å².